The summed E-state index contributed by atoms with van der Waals surface area (Å²) in [6.07, 6.45) is 0.171. The van der Waals surface area contributed by atoms with Crippen LogP contribution >= 0.6 is 0 Å². The fourth-order valence-corrected chi connectivity index (χ4v) is 2.81. The van der Waals surface area contributed by atoms with Gasteiger partial charge in [-0.2, -0.15) is 0 Å². The van der Waals surface area contributed by atoms with Crippen LogP contribution in [0.15, 0.2) is 42.5 Å². The van der Waals surface area contributed by atoms with Crippen LogP contribution in [0.1, 0.15) is 22.8 Å². The van der Waals surface area contributed by atoms with Crippen LogP contribution in [0.25, 0.3) is 0 Å². The van der Waals surface area contributed by atoms with Crippen LogP contribution in [0, 0.1) is 10.1 Å². The Labute approximate surface area is 148 Å². The average molecular weight is 356 g/mol. The molecule has 0 spiro atoms. The number of carbonyl (C=O) groups is 2. The summed E-state index contributed by atoms with van der Waals surface area (Å²) >= 11 is 0. The number of nitro groups is 1. The number of anilines is 1. The smallest absolute Gasteiger partial charge is 0.339 e. The van der Waals surface area contributed by atoms with Crippen molar-refractivity contribution in [3.8, 4) is 5.75 Å². The molecule has 0 bridgehead atoms. The van der Waals surface area contributed by atoms with Crippen molar-refractivity contribution in [2.24, 2.45) is 0 Å². The van der Waals surface area contributed by atoms with Gasteiger partial charge in [-0.25, -0.2) is 4.79 Å². The second-order valence-electron chi connectivity index (χ2n) is 6.05. The number of nitrogens with one attached hydrogen (secondary N) is 1. The molecule has 0 saturated heterocycles. The fourth-order valence-electron chi connectivity index (χ4n) is 2.81. The van der Waals surface area contributed by atoms with Crippen molar-refractivity contribution in [1.82, 2.24) is 0 Å². The third-order valence-electron chi connectivity index (χ3n) is 4.21. The van der Waals surface area contributed by atoms with E-state index in [1.54, 1.807) is 24.3 Å². The first kappa shape index (κ1) is 17.4. The molecule has 2 aromatic rings. The number of hydrogen-bond donors (Lipinski definition) is 1. The molecule has 2 aromatic carbocycles. The lowest BCUT2D eigenvalue weighted by atomic mass is 9.89. The zero-order valence-corrected chi connectivity index (χ0v) is 14.1. The van der Waals surface area contributed by atoms with E-state index < -0.39 is 22.4 Å². The van der Waals surface area contributed by atoms with Crippen molar-refractivity contribution in [2.45, 2.75) is 18.9 Å². The van der Waals surface area contributed by atoms with Gasteiger partial charge in [0.15, 0.2) is 5.60 Å². The molecule has 1 N–H and O–H groups in total. The van der Waals surface area contributed by atoms with Crippen molar-refractivity contribution in [2.75, 3.05) is 12.4 Å². The molecule has 134 valence electrons. The van der Waals surface area contributed by atoms with E-state index in [4.69, 9.17) is 9.47 Å². The number of cyclic esters (lactones) is 1. The maximum atomic E-state index is 12.7. The van der Waals surface area contributed by atoms with Crippen LogP contribution in [0.3, 0.4) is 0 Å². The quantitative estimate of drug-likeness (QED) is 0.513. The molecule has 1 aliphatic rings. The maximum Gasteiger partial charge on any atom is 0.339 e. The number of methoxy groups -OCH3 is 1. The Kier molecular flexibility index (Phi) is 4.33. The summed E-state index contributed by atoms with van der Waals surface area (Å²) in [5.41, 5.74) is -0.696. The minimum Gasteiger partial charge on any atom is -0.496 e. The lowest BCUT2D eigenvalue weighted by Crippen LogP contribution is -2.48. The summed E-state index contributed by atoms with van der Waals surface area (Å²) in [5, 5.41) is 13.7. The van der Waals surface area contributed by atoms with Gasteiger partial charge in [0.2, 0.25) is 0 Å². The summed E-state index contributed by atoms with van der Waals surface area (Å²) in [6.45, 7) is 1.48. The predicted molar refractivity (Wildman–Crippen MR) is 92.2 cm³/mol. The van der Waals surface area contributed by atoms with Crippen LogP contribution in [-0.4, -0.2) is 29.5 Å². The highest BCUT2D eigenvalue weighted by atomic mass is 16.6. The average Bonchev–Trinajstić information content (AvgIpc) is 2.61. The Hall–Kier alpha value is -3.42. The lowest BCUT2D eigenvalue weighted by molar-refractivity contribution is -0.384. The number of carbonyl (C=O) groups excluding carboxylic acids is 2. The number of esters is 1. The Balaban J connectivity index is 1.89. The van der Waals surface area contributed by atoms with E-state index in [0.717, 1.165) is 0 Å². The second kappa shape index (κ2) is 6.47. The van der Waals surface area contributed by atoms with Crippen LogP contribution in [0.5, 0.6) is 5.75 Å². The normalized spacial score (nSPS) is 18.5. The van der Waals surface area contributed by atoms with Crippen molar-refractivity contribution < 1.29 is 24.0 Å². The molecule has 1 heterocycles. The van der Waals surface area contributed by atoms with E-state index in [1.165, 1.54) is 32.2 Å². The molecular formula is C18H16N2O6. The van der Waals surface area contributed by atoms with Crippen molar-refractivity contribution in [3.63, 3.8) is 0 Å². The summed E-state index contributed by atoms with van der Waals surface area (Å²) < 4.78 is 10.3. The number of benzene rings is 2. The molecule has 0 fully saturated rings. The largest absolute Gasteiger partial charge is 0.496 e. The van der Waals surface area contributed by atoms with E-state index in [9.17, 15) is 19.7 Å². The zero-order valence-electron chi connectivity index (χ0n) is 14.1. The molecule has 1 amide bonds. The Morgan fingerprint density at radius 3 is 2.73 bits per heavy atom. The van der Waals surface area contributed by atoms with Crippen molar-refractivity contribution >= 4 is 23.3 Å². The van der Waals surface area contributed by atoms with E-state index in [1.807, 2.05) is 0 Å². The third-order valence-corrected chi connectivity index (χ3v) is 4.21. The maximum absolute atomic E-state index is 12.7. The Bertz CT molecular complexity index is 910. The summed E-state index contributed by atoms with van der Waals surface area (Å²) in [4.78, 5) is 35.6. The molecular weight excluding hydrogens is 340 g/mol. The molecule has 3 rings (SSSR count). The molecule has 0 aromatic heterocycles. The minimum absolute atomic E-state index is 0.00284. The van der Waals surface area contributed by atoms with Gasteiger partial charge in [0.1, 0.15) is 11.4 Å². The highest BCUT2D eigenvalue weighted by Crippen LogP contribution is 2.32. The number of hydrogen-bond acceptors (Lipinski definition) is 6. The summed E-state index contributed by atoms with van der Waals surface area (Å²) in [7, 11) is 1.39. The predicted octanol–water partition coefficient (Wildman–Crippen LogP) is 2.71. The van der Waals surface area contributed by atoms with Gasteiger partial charge in [-0.3, -0.25) is 14.9 Å². The highest BCUT2D eigenvalue weighted by molar-refractivity contribution is 6.03. The first-order valence-electron chi connectivity index (χ1n) is 7.79. The monoisotopic (exact) mass is 356 g/mol. The topological polar surface area (TPSA) is 108 Å². The number of rotatable bonds is 4. The second-order valence-corrected chi connectivity index (χ2v) is 6.05. The molecule has 8 nitrogen and oxygen atoms in total. The van der Waals surface area contributed by atoms with Crippen LogP contribution < -0.4 is 10.1 Å². The first-order valence-corrected chi connectivity index (χ1v) is 7.79. The zero-order chi connectivity index (χ0) is 18.9. The van der Waals surface area contributed by atoms with Gasteiger partial charge in [0, 0.05) is 6.42 Å². The molecule has 1 unspecified atom stereocenters. The van der Waals surface area contributed by atoms with Gasteiger partial charge in [0.25, 0.3) is 11.6 Å². The Morgan fingerprint density at radius 2 is 2.04 bits per heavy atom. The lowest BCUT2D eigenvalue weighted by Gasteiger charge is -2.32. The van der Waals surface area contributed by atoms with E-state index >= 15 is 0 Å². The minimum atomic E-state index is -1.47. The number of nitro benzene ring substituents is 1. The SMILES string of the molecule is COc1ccc(NC(=O)C2(C)Cc3ccccc3C(=O)O2)c([N+](=O)[O-])c1. The fraction of sp³-hybridized carbons (Fsp3) is 0.222. The number of ether oxygens (including phenoxy) is 2. The standard InChI is InChI=1S/C18H16N2O6/c1-18(10-11-5-3-4-6-13(11)16(21)26-18)17(22)19-14-8-7-12(25-2)9-15(14)20(23)24/h3-9H,10H2,1-2H3,(H,19,22). The molecule has 0 saturated carbocycles. The van der Waals surface area contributed by atoms with Crippen molar-refractivity contribution in [3.05, 3.63) is 63.7 Å². The first-order chi connectivity index (χ1) is 12.3. The van der Waals surface area contributed by atoms with Gasteiger partial charge in [0.05, 0.1) is 23.7 Å². The Morgan fingerprint density at radius 1 is 1.31 bits per heavy atom. The highest BCUT2D eigenvalue weighted by Gasteiger charge is 2.43. The van der Waals surface area contributed by atoms with E-state index in [-0.39, 0.29) is 17.8 Å². The van der Waals surface area contributed by atoms with Crippen LogP contribution in [0.4, 0.5) is 11.4 Å². The summed E-state index contributed by atoms with van der Waals surface area (Å²) in [6, 6.07) is 10.9. The molecule has 26 heavy (non-hydrogen) atoms. The van der Waals surface area contributed by atoms with Gasteiger partial charge in [-0.05, 0) is 30.7 Å². The summed E-state index contributed by atoms with van der Waals surface area (Å²) in [5.74, 6) is -0.957. The number of nitrogens with zero attached hydrogens (tertiary/aromatic N) is 1. The molecule has 8 heteroatoms. The van der Waals surface area contributed by atoms with E-state index in [0.29, 0.717) is 16.9 Å². The van der Waals surface area contributed by atoms with Crippen LogP contribution in [0.2, 0.25) is 0 Å². The van der Waals surface area contributed by atoms with Crippen LogP contribution in [-0.2, 0) is 16.0 Å². The van der Waals surface area contributed by atoms with Gasteiger partial charge >= 0.3 is 5.97 Å². The molecule has 1 aliphatic heterocycles. The number of amides is 1. The van der Waals surface area contributed by atoms with E-state index in [2.05, 4.69) is 5.32 Å². The molecule has 1 atom stereocenters. The van der Waals surface area contributed by atoms with Gasteiger partial charge in [-0.15, -0.1) is 0 Å². The third kappa shape index (κ3) is 3.08. The van der Waals surface area contributed by atoms with Crippen molar-refractivity contribution in [1.29, 1.82) is 0 Å². The van der Waals surface area contributed by atoms with Gasteiger partial charge in [-0.1, -0.05) is 18.2 Å². The molecule has 0 radical (unpaired) electrons. The number of fused-ring (bicyclic) bond motifs is 1. The molecule has 0 aliphatic carbocycles. The van der Waals surface area contributed by atoms with Gasteiger partial charge < -0.3 is 14.8 Å².